The van der Waals surface area contributed by atoms with Gasteiger partial charge in [0, 0.05) is 17.1 Å². The third-order valence-corrected chi connectivity index (χ3v) is 4.39. The summed E-state index contributed by atoms with van der Waals surface area (Å²) < 4.78 is 17.4. The van der Waals surface area contributed by atoms with Crippen LogP contribution in [-0.2, 0) is 13.1 Å². The number of amides is 1. The van der Waals surface area contributed by atoms with E-state index in [0.29, 0.717) is 27.3 Å². The molecule has 7 nitrogen and oxygen atoms in total. The van der Waals surface area contributed by atoms with Crippen molar-refractivity contribution < 1.29 is 9.18 Å². The van der Waals surface area contributed by atoms with Crippen molar-refractivity contribution in [3.63, 3.8) is 0 Å². The van der Waals surface area contributed by atoms with Crippen molar-refractivity contribution in [2.45, 2.75) is 20.0 Å². The molecule has 0 aliphatic carbocycles. The average molecular weight is 428 g/mol. The van der Waals surface area contributed by atoms with Crippen molar-refractivity contribution in [3.8, 4) is 0 Å². The first-order valence-electron chi connectivity index (χ1n) is 7.34. The Hall–Kier alpha value is -2.26. The van der Waals surface area contributed by atoms with Crippen LogP contribution in [0, 0.1) is 5.82 Å². The van der Waals surface area contributed by atoms with Crippen LogP contribution in [0.4, 0.5) is 10.3 Å². The fourth-order valence-electron chi connectivity index (χ4n) is 2.26. The monoisotopic (exact) mass is 426 g/mol. The summed E-state index contributed by atoms with van der Waals surface area (Å²) in [6, 6.07) is 4.45. The van der Waals surface area contributed by atoms with Crippen LogP contribution >= 0.6 is 27.5 Å². The molecule has 0 bridgehead atoms. The lowest BCUT2D eigenvalue weighted by molar-refractivity contribution is 0.101. The molecule has 0 aliphatic rings. The number of carbonyl (C=O) groups is 1. The Labute approximate surface area is 155 Å². The number of nitrogens with zero attached hydrogens (tertiary/aromatic N) is 5. The Morgan fingerprint density at radius 1 is 1.44 bits per heavy atom. The molecule has 1 aromatic carbocycles. The lowest BCUT2D eigenvalue weighted by atomic mass is 10.2. The minimum atomic E-state index is -0.427. The summed E-state index contributed by atoms with van der Waals surface area (Å²) in [4.78, 5) is 16.4. The van der Waals surface area contributed by atoms with E-state index in [4.69, 9.17) is 11.6 Å². The van der Waals surface area contributed by atoms with Crippen LogP contribution < -0.4 is 5.32 Å². The second-order valence-corrected chi connectivity index (χ2v) is 6.34. The number of nitrogens with one attached hydrogen (secondary N) is 1. The van der Waals surface area contributed by atoms with E-state index in [-0.39, 0.29) is 12.5 Å². The summed E-state index contributed by atoms with van der Waals surface area (Å²) in [5.74, 6) is -0.717. The summed E-state index contributed by atoms with van der Waals surface area (Å²) in [6.07, 6.45) is 2.94. The molecule has 0 saturated heterocycles. The van der Waals surface area contributed by atoms with Gasteiger partial charge in [0.05, 0.1) is 17.2 Å². The molecular weight excluding hydrogens is 415 g/mol. The van der Waals surface area contributed by atoms with Crippen LogP contribution in [0.2, 0.25) is 5.02 Å². The highest BCUT2D eigenvalue weighted by molar-refractivity contribution is 9.10. The van der Waals surface area contributed by atoms with Crippen molar-refractivity contribution >= 4 is 39.4 Å². The highest BCUT2D eigenvalue weighted by atomic mass is 79.9. The molecular formula is C15H13BrClFN6O. The van der Waals surface area contributed by atoms with E-state index < -0.39 is 11.7 Å². The van der Waals surface area contributed by atoms with Gasteiger partial charge in [-0.3, -0.25) is 14.8 Å². The summed E-state index contributed by atoms with van der Waals surface area (Å²) in [5, 5.41) is 11.1. The van der Waals surface area contributed by atoms with Gasteiger partial charge in [0.15, 0.2) is 0 Å². The molecule has 2 heterocycles. The molecule has 1 N–H and O–H groups in total. The predicted octanol–water partition coefficient (Wildman–Crippen LogP) is 3.35. The van der Waals surface area contributed by atoms with Gasteiger partial charge in [-0.1, -0.05) is 17.7 Å². The van der Waals surface area contributed by atoms with Crippen molar-refractivity contribution in [3.05, 3.63) is 57.3 Å². The summed E-state index contributed by atoms with van der Waals surface area (Å²) >= 11 is 9.29. The third-order valence-electron chi connectivity index (χ3n) is 3.45. The van der Waals surface area contributed by atoms with Crippen LogP contribution in [0.15, 0.2) is 35.2 Å². The zero-order valence-electron chi connectivity index (χ0n) is 13.1. The molecule has 0 spiro atoms. The van der Waals surface area contributed by atoms with Crippen LogP contribution in [0.25, 0.3) is 0 Å². The molecule has 3 rings (SSSR count). The number of halogens is 3. The molecule has 0 atom stereocenters. The van der Waals surface area contributed by atoms with Crippen molar-refractivity contribution in [1.82, 2.24) is 24.5 Å². The Kier molecular flexibility index (Phi) is 5.14. The Bertz CT molecular complexity index is 904. The molecule has 0 radical (unpaired) electrons. The Morgan fingerprint density at radius 3 is 2.96 bits per heavy atom. The first kappa shape index (κ1) is 17.6. The molecule has 0 saturated carbocycles. The minimum Gasteiger partial charge on any atom is -0.288 e. The molecule has 0 aliphatic heterocycles. The maximum atomic E-state index is 13.8. The summed E-state index contributed by atoms with van der Waals surface area (Å²) in [6.45, 7) is 2.52. The van der Waals surface area contributed by atoms with Gasteiger partial charge in [-0.25, -0.2) is 14.1 Å². The van der Waals surface area contributed by atoms with Crippen molar-refractivity contribution in [1.29, 1.82) is 0 Å². The topological polar surface area (TPSA) is 77.6 Å². The second kappa shape index (κ2) is 7.32. The van der Waals surface area contributed by atoms with Gasteiger partial charge < -0.3 is 0 Å². The number of rotatable bonds is 5. The van der Waals surface area contributed by atoms with E-state index in [9.17, 15) is 9.18 Å². The standard InChI is InChI=1S/C15H13BrClFN6O/c1-2-24-13(10(16)6-20-24)14(25)21-15-19-8-23(22-15)7-9-11(17)4-3-5-12(9)18/h3-6,8H,2,7H2,1H3,(H,21,22,25). The fraction of sp³-hybridized carbons (Fsp3) is 0.200. The van der Waals surface area contributed by atoms with Crippen LogP contribution in [0.5, 0.6) is 0 Å². The lowest BCUT2D eigenvalue weighted by Crippen LogP contribution is -2.19. The molecule has 25 heavy (non-hydrogen) atoms. The van der Waals surface area contributed by atoms with Gasteiger partial charge in [0.1, 0.15) is 17.8 Å². The smallest absolute Gasteiger partial charge is 0.277 e. The highest BCUT2D eigenvalue weighted by Gasteiger charge is 2.18. The van der Waals surface area contributed by atoms with Gasteiger partial charge in [0.2, 0.25) is 5.95 Å². The van der Waals surface area contributed by atoms with Gasteiger partial charge >= 0.3 is 0 Å². The number of carbonyl (C=O) groups excluding carboxylic acids is 1. The zero-order chi connectivity index (χ0) is 18.0. The Morgan fingerprint density at radius 2 is 2.24 bits per heavy atom. The maximum absolute atomic E-state index is 13.8. The van der Waals surface area contributed by atoms with E-state index in [1.165, 1.54) is 23.1 Å². The zero-order valence-corrected chi connectivity index (χ0v) is 15.4. The first-order valence-corrected chi connectivity index (χ1v) is 8.51. The number of hydrogen-bond acceptors (Lipinski definition) is 4. The van der Waals surface area contributed by atoms with E-state index in [0.717, 1.165) is 0 Å². The normalized spacial score (nSPS) is 10.9. The van der Waals surface area contributed by atoms with E-state index >= 15 is 0 Å². The largest absolute Gasteiger partial charge is 0.288 e. The number of aromatic nitrogens is 5. The number of aryl methyl sites for hydroxylation is 1. The van der Waals surface area contributed by atoms with Crippen LogP contribution in [0.1, 0.15) is 23.0 Å². The Balaban J connectivity index is 1.76. The van der Waals surface area contributed by atoms with Gasteiger partial charge in [-0.2, -0.15) is 5.10 Å². The van der Waals surface area contributed by atoms with Crippen molar-refractivity contribution in [2.75, 3.05) is 5.32 Å². The predicted molar refractivity (Wildman–Crippen MR) is 94.1 cm³/mol. The molecule has 0 fully saturated rings. The van der Waals surface area contributed by atoms with E-state index in [1.807, 2.05) is 6.92 Å². The van der Waals surface area contributed by atoms with Gasteiger partial charge in [0.25, 0.3) is 5.91 Å². The minimum absolute atomic E-state index is 0.102. The molecule has 1 amide bonds. The fourth-order valence-corrected chi connectivity index (χ4v) is 2.96. The average Bonchev–Trinajstić information content (AvgIpc) is 3.17. The highest BCUT2D eigenvalue weighted by Crippen LogP contribution is 2.20. The quantitative estimate of drug-likeness (QED) is 0.677. The molecule has 10 heteroatoms. The molecule has 2 aromatic heterocycles. The lowest BCUT2D eigenvalue weighted by Gasteiger charge is -2.06. The van der Waals surface area contributed by atoms with Crippen molar-refractivity contribution in [2.24, 2.45) is 0 Å². The van der Waals surface area contributed by atoms with Gasteiger partial charge in [-0.15, -0.1) is 5.10 Å². The third kappa shape index (κ3) is 3.72. The van der Waals surface area contributed by atoms with E-state index in [2.05, 4.69) is 36.4 Å². The maximum Gasteiger partial charge on any atom is 0.277 e. The SMILES string of the molecule is CCn1ncc(Br)c1C(=O)Nc1ncn(Cc2c(F)cccc2Cl)n1. The summed E-state index contributed by atoms with van der Waals surface area (Å²) in [5.41, 5.74) is 0.676. The number of hydrogen-bond donors (Lipinski definition) is 1. The molecule has 3 aromatic rings. The van der Waals surface area contributed by atoms with Crippen LogP contribution in [-0.4, -0.2) is 30.5 Å². The van der Waals surface area contributed by atoms with E-state index in [1.54, 1.807) is 16.9 Å². The first-order chi connectivity index (χ1) is 12.0. The number of anilines is 1. The summed E-state index contributed by atoms with van der Waals surface area (Å²) in [7, 11) is 0. The van der Waals surface area contributed by atoms with Gasteiger partial charge in [-0.05, 0) is 35.0 Å². The molecule has 130 valence electrons. The molecule has 0 unspecified atom stereocenters. The second-order valence-electron chi connectivity index (χ2n) is 5.08. The van der Waals surface area contributed by atoms with Crippen LogP contribution in [0.3, 0.4) is 0 Å². The number of benzene rings is 1.